The molecule has 1 aromatic carbocycles. The first kappa shape index (κ1) is 15.2. The molecular formula is C17H23FN4. The Morgan fingerprint density at radius 1 is 1.27 bits per heavy atom. The molecule has 0 amide bonds. The minimum Gasteiger partial charge on any atom is -0.290 e. The van der Waals surface area contributed by atoms with Crippen LogP contribution in [0.5, 0.6) is 0 Å². The number of likely N-dealkylation sites (tertiary alicyclic amines) is 1. The van der Waals surface area contributed by atoms with Gasteiger partial charge in [0.15, 0.2) is 0 Å². The highest BCUT2D eigenvalue weighted by Gasteiger charge is 2.37. The third-order valence-corrected chi connectivity index (χ3v) is 4.66. The molecule has 1 aromatic heterocycles. The molecule has 1 aliphatic heterocycles. The maximum absolute atomic E-state index is 12.6. The second kappa shape index (κ2) is 6.57. The molecule has 3 rings (SSSR count). The maximum atomic E-state index is 12.6. The molecule has 5 heteroatoms. The summed E-state index contributed by atoms with van der Waals surface area (Å²) >= 11 is 0. The van der Waals surface area contributed by atoms with Gasteiger partial charge in [-0.3, -0.25) is 4.90 Å². The van der Waals surface area contributed by atoms with Gasteiger partial charge in [0.2, 0.25) is 0 Å². The molecule has 0 radical (unpaired) electrons. The van der Waals surface area contributed by atoms with Crippen LogP contribution in [0.3, 0.4) is 0 Å². The zero-order chi connectivity index (χ0) is 15.4. The minimum atomic E-state index is -0.405. The molecule has 1 atom stereocenters. The summed E-state index contributed by atoms with van der Waals surface area (Å²) in [6.07, 6.45) is 4.93. The van der Waals surface area contributed by atoms with Gasteiger partial charge in [0.25, 0.3) is 0 Å². The van der Waals surface area contributed by atoms with Crippen molar-refractivity contribution in [3.05, 3.63) is 48.0 Å². The Balaban J connectivity index is 1.73. The lowest BCUT2D eigenvalue weighted by atomic mass is 9.90. The van der Waals surface area contributed by atoms with Crippen LogP contribution in [0.2, 0.25) is 0 Å². The molecule has 22 heavy (non-hydrogen) atoms. The summed E-state index contributed by atoms with van der Waals surface area (Å²) in [4.78, 5) is 6.79. The zero-order valence-electron chi connectivity index (χ0n) is 13.1. The second-order valence-corrected chi connectivity index (χ2v) is 6.27. The van der Waals surface area contributed by atoms with Crippen molar-refractivity contribution in [3.8, 4) is 0 Å². The first-order chi connectivity index (χ1) is 10.7. The van der Waals surface area contributed by atoms with Gasteiger partial charge in [-0.1, -0.05) is 30.3 Å². The van der Waals surface area contributed by atoms with E-state index in [1.54, 1.807) is 4.68 Å². The molecule has 0 aliphatic carbocycles. The zero-order valence-corrected chi connectivity index (χ0v) is 13.1. The Kier molecular flexibility index (Phi) is 4.52. The van der Waals surface area contributed by atoms with E-state index >= 15 is 0 Å². The van der Waals surface area contributed by atoms with Gasteiger partial charge >= 0.3 is 0 Å². The predicted molar refractivity (Wildman–Crippen MR) is 84.2 cm³/mol. The van der Waals surface area contributed by atoms with Gasteiger partial charge in [0.05, 0.1) is 13.1 Å². The standard InChI is InChI=1S/C17H23FN4/c1-17(12-15-6-3-2-4-7-15)8-5-10-21(17)13-16-19-14-20-22(16)11-9-18/h2-4,6-7,14H,5,8-13H2,1H3/t17-/m0/s1. The second-order valence-electron chi connectivity index (χ2n) is 6.27. The van der Waals surface area contributed by atoms with Crippen molar-refractivity contribution in [2.75, 3.05) is 13.2 Å². The van der Waals surface area contributed by atoms with E-state index < -0.39 is 6.67 Å². The SMILES string of the molecule is C[C@@]1(Cc2ccccc2)CCCN1Cc1ncnn1CCF. The summed E-state index contributed by atoms with van der Waals surface area (Å²) < 4.78 is 14.3. The number of rotatable bonds is 6. The number of nitrogens with zero attached hydrogens (tertiary/aromatic N) is 4. The van der Waals surface area contributed by atoms with E-state index in [1.807, 2.05) is 0 Å². The van der Waals surface area contributed by atoms with Crippen molar-refractivity contribution >= 4 is 0 Å². The number of aromatic nitrogens is 3. The topological polar surface area (TPSA) is 34.0 Å². The predicted octanol–water partition coefficient (Wildman–Crippen LogP) is 2.84. The molecule has 0 saturated carbocycles. The number of alkyl halides is 1. The van der Waals surface area contributed by atoms with Crippen molar-refractivity contribution in [2.24, 2.45) is 0 Å². The lowest BCUT2D eigenvalue weighted by Crippen LogP contribution is -2.43. The molecule has 0 unspecified atom stereocenters. The summed E-state index contributed by atoms with van der Waals surface area (Å²) in [5.41, 5.74) is 1.50. The van der Waals surface area contributed by atoms with Crippen LogP contribution >= 0.6 is 0 Å². The molecule has 2 heterocycles. The van der Waals surface area contributed by atoms with Crippen molar-refractivity contribution in [1.82, 2.24) is 19.7 Å². The third kappa shape index (κ3) is 3.19. The van der Waals surface area contributed by atoms with Gasteiger partial charge in [0.1, 0.15) is 18.8 Å². The first-order valence-corrected chi connectivity index (χ1v) is 7.93. The van der Waals surface area contributed by atoms with E-state index in [0.29, 0.717) is 6.54 Å². The van der Waals surface area contributed by atoms with Crippen LogP contribution in [-0.4, -0.2) is 38.4 Å². The normalized spacial score (nSPS) is 22.3. The van der Waals surface area contributed by atoms with Crippen LogP contribution in [-0.2, 0) is 19.5 Å². The molecule has 2 aromatic rings. The molecule has 0 spiro atoms. The molecule has 4 nitrogen and oxygen atoms in total. The molecular weight excluding hydrogens is 279 g/mol. The average Bonchev–Trinajstić information content (AvgIpc) is 3.09. The highest BCUT2D eigenvalue weighted by Crippen LogP contribution is 2.33. The lowest BCUT2D eigenvalue weighted by Gasteiger charge is -2.35. The van der Waals surface area contributed by atoms with Crippen molar-refractivity contribution in [2.45, 2.75) is 44.8 Å². The van der Waals surface area contributed by atoms with Gasteiger partial charge < -0.3 is 0 Å². The van der Waals surface area contributed by atoms with E-state index in [9.17, 15) is 4.39 Å². The van der Waals surface area contributed by atoms with E-state index in [1.165, 1.54) is 24.7 Å². The van der Waals surface area contributed by atoms with Gasteiger partial charge in [0, 0.05) is 5.54 Å². The van der Waals surface area contributed by atoms with E-state index in [0.717, 1.165) is 25.3 Å². The Bertz CT molecular complexity index is 598. The van der Waals surface area contributed by atoms with Crippen LogP contribution in [0.1, 0.15) is 31.2 Å². The van der Waals surface area contributed by atoms with Crippen molar-refractivity contribution in [1.29, 1.82) is 0 Å². The Labute approximate surface area is 131 Å². The Morgan fingerprint density at radius 3 is 2.86 bits per heavy atom. The van der Waals surface area contributed by atoms with Crippen molar-refractivity contribution in [3.63, 3.8) is 0 Å². The largest absolute Gasteiger partial charge is 0.290 e. The highest BCUT2D eigenvalue weighted by molar-refractivity contribution is 5.18. The molecule has 1 aliphatic rings. The Hall–Kier alpha value is -1.75. The fourth-order valence-electron chi connectivity index (χ4n) is 3.43. The van der Waals surface area contributed by atoms with Gasteiger partial charge in [-0.05, 0) is 38.3 Å². The number of hydrogen-bond donors (Lipinski definition) is 0. The van der Waals surface area contributed by atoms with E-state index in [2.05, 4.69) is 52.2 Å². The van der Waals surface area contributed by atoms with E-state index in [-0.39, 0.29) is 5.54 Å². The number of benzene rings is 1. The Morgan fingerprint density at radius 2 is 2.09 bits per heavy atom. The van der Waals surface area contributed by atoms with Gasteiger partial charge in [-0.25, -0.2) is 14.1 Å². The molecule has 118 valence electrons. The molecule has 1 fully saturated rings. The van der Waals surface area contributed by atoms with E-state index in [4.69, 9.17) is 0 Å². The quantitative estimate of drug-likeness (QED) is 0.823. The molecule has 0 N–H and O–H groups in total. The van der Waals surface area contributed by atoms with Crippen LogP contribution in [0.25, 0.3) is 0 Å². The summed E-state index contributed by atoms with van der Waals surface area (Å²) in [6.45, 7) is 4.01. The fraction of sp³-hybridized carbons (Fsp3) is 0.529. The summed E-state index contributed by atoms with van der Waals surface area (Å²) in [5.74, 6) is 0.860. The number of aryl methyl sites for hydroxylation is 1. The van der Waals surface area contributed by atoms with Crippen LogP contribution in [0.4, 0.5) is 4.39 Å². The summed E-state index contributed by atoms with van der Waals surface area (Å²) in [7, 11) is 0. The minimum absolute atomic E-state index is 0.133. The molecule has 1 saturated heterocycles. The average molecular weight is 302 g/mol. The smallest absolute Gasteiger partial charge is 0.141 e. The highest BCUT2D eigenvalue weighted by atomic mass is 19.1. The van der Waals surface area contributed by atoms with Crippen LogP contribution in [0.15, 0.2) is 36.7 Å². The van der Waals surface area contributed by atoms with Gasteiger partial charge in [-0.15, -0.1) is 0 Å². The fourth-order valence-corrected chi connectivity index (χ4v) is 3.43. The number of halogens is 1. The van der Waals surface area contributed by atoms with Gasteiger partial charge in [-0.2, -0.15) is 5.10 Å². The summed E-state index contributed by atoms with van der Waals surface area (Å²) in [6, 6.07) is 10.6. The third-order valence-electron chi connectivity index (χ3n) is 4.66. The summed E-state index contributed by atoms with van der Waals surface area (Å²) in [5, 5.41) is 4.12. The number of hydrogen-bond acceptors (Lipinski definition) is 3. The van der Waals surface area contributed by atoms with Crippen LogP contribution < -0.4 is 0 Å². The molecule has 0 bridgehead atoms. The monoisotopic (exact) mass is 302 g/mol. The lowest BCUT2D eigenvalue weighted by molar-refractivity contribution is 0.140. The van der Waals surface area contributed by atoms with Crippen molar-refractivity contribution < 1.29 is 4.39 Å². The maximum Gasteiger partial charge on any atom is 0.141 e. The first-order valence-electron chi connectivity index (χ1n) is 7.93. The van der Waals surface area contributed by atoms with Crippen LogP contribution in [0, 0.1) is 0 Å².